The fourth-order valence-electron chi connectivity index (χ4n) is 1.62. The second kappa shape index (κ2) is 6.33. The lowest BCUT2D eigenvalue weighted by Crippen LogP contribution is -2.29. The molecule has 0 unspecified atom stereocenters. The molecule has 1 aliphatic rings. The van der Waals surface area contributed by atoms with Gasteiger partial charge in [-0.25, -0.2) is 0 Å². The van der Waals surface area contributed by atoms with E-state index in [2.05, 4.69) is 19.2 Å². The van der Waals surface area contributed by atoms with Gasteiger partial charge in [-0.3, -0.25) is 4.79 Å². The fourth-order valence-corrected chi connectivity index (χ4v) is 2.77. The van der Waals surface area contributed by atoms with E-state index in [4.69, 9.17) is 0 Å². The molecule has 1 fully saturated rings. The zero-order chi connectivity index (χ0) is 10.4. The van der Waals surface area contributed by atoms with Crippen LogP contribution in [-0.4, -0.2) is 23.5 Å². The highest BCUT2D eigenvalue weighted by molar-refractivity contribution is 8.00. The number of carbonyl (C=O) groups is 1. The summed E-state index contributed by atoms with van der Waals surface area (Å²) in [6.07, 6.45) is 5.32. The van der Waals surface area contributed by atoms with Crippen LogP contribution in [0.15, 0.2) is 0 Å². The monoisotopic (exact) mass is 215 g/mol. The maximum absolute atomic E-state index is 11.4. The molecule has 0 bridgehead atoms. The summed E-state index contributed by atoms with van der Waals surface area (Å²) in [4.78, 5) is 11.4. The second-order valence-electron chi connectivity index (χ2n) is 4.42. The van der Waals surface area contributed by atoms with Gasteiger partial charge in [0.05, 0.1) is 5.75 Å². The van der Waals surface area contributed by atoms with E-state index < -0.39 is 0 Å². The molecule has 0 saturated heterocycles. The molecular formula is C11H21NOS. The largest absolute Gasteiger partial charge is 0.355 e. The Morgan fingerprint density at radius 2 is 2.07 bits per heavy atom. The topological polar surface area (TPSA) is 29.1 Å². The van der Waals surface area contributed by atoms with Crippen molar-refractivity contribution < 1.29 is 4.79 Å². The van der Waals surface area contributed by atoms with Crippen LogP contribution in [0.1, 0.15) is 39.5 Å². The minimum absolute atomic E-state index is 0.204. The minimum atomic E-state index is 0.204. The molecule has 0 heterocycles. The molecule has 82 valence electrons. The molecule has 0 atom stereocenters. The van der Waals surface area contributed by atoms with E-state index in [0.717, 1.165) is 11.8 Å². The predicted molar refractivity (Wildman–Crippen MR) is 62.6 cm³/mol. The van der Waals surface area contributed by atoms with E-state index in [0.29, 0.717) is 11.7 Å². The van der Waals surface area contributed by atoms with E-state index in [1.807, 2.05) is 11.8 Å². The van der Waals surface area contributed by atoms with Crippen LogP contribution in [0.5, 0.6) is 0 Å². The van der Waals surface area contributed by atoms with Crippen LogP contribution >= 0.6 is 11.8 Å². The first-order chi connectivity index (χ1) is 6.68. The summed E-state index contributed by atoms with van der Waals surface area (Å²) in [5, 5.41) is 3.70. The van der Waals surface area contributed by atoms with Crippen LogP contribution in [-0.2, 0) is 4.79 Å². The Labute approximate surface area is 91.2 Å². The van der Waals surface area contributed by atoms with Gasteiger partial charge in [0.2, 0.25) is 5.91 Å². The summed E-state index contributed by atoms with van der Waals surface area (Å²) in [6, 6.07) is 0. The number of hydrogen-bond donors (Lipinski definition) is 1. The summed E-state index contributed by atoms with van der Waals surface area (Å²) in [5.74, 6) is 1.41. The Hall–Kier alpha value is -0.180. The van der Waals surface area contributed by atoms with E-state index in [-0.39, 0.29) is 5.91 Å². The minimum Gasteiger partial charge on any atom is -0.355 e. The fraction of sp³-hybridized carbons (Fsp3) is 0.909. The molecule has 0 aromatic heterocycles. The number of rotatable bonds is 5. The molecule has 1 saturated carbocycles. The Morgan fingerprint density at radius 1 is 1.43 bits per heavy atom. The maximum atomic E-state index is 11.4. The predicted octanol–water partition coefficient (Wildman–Crippen LogP) is 2.43. The molecular weight excluding hydrogens is 194 g/mol. The summed E-state index contributed by atoms with van der Waals surface area (Å²) in [7, 11) is 0. The first-order valence-corrected chi connectivity index (χ1v) is 6.61. The Morgan fingerprint density at radius 3 is 2.64 bits per heavy atom. The van der Waals surface area contributed by atoms with Crippen LogP contribution in [0.2, 0.25) is 0 Å². The van der Waals surface area contributed by atoms with Crippen LogP contribution in [0, 0.1) is 5.92 Å². The van der Waals surface area contributed by atoms with Crippen molar-refractivity contribution >= 4 is 17.7 Å². The summed E-state index contributed by atoms with van der Waals surface area (Å²) in [5.41, 5.74) is 0. The van der Waals surface area contributed by atoms with Crippen molar-refractivity contribution in [2.45, 2.75) is 44.8 Å². The van der Waals surface area contributed by atoms with E-state index in [1.54, 1.807) is 0 Å². The molecule has 1 amide bonds. The van der Waals surface area contributed by atoms with Crippen molar-refractivity contribution in [2.75, 3.05) is 12.3 Å². The molecule has 1 N–H and O–H groups in total. The van der Waals surface area contributed by atoms with Crippen molar-refractivity contribution in [3.05, 3.63) is 0 Å². The molecule has 0 spiro atoms. The normalized spacial score (nSPS) is 17.6. The summed E-state index contributed by atoms with van der Waals surface area (Å²) >= 11 is 1.83. The Balaban J connectivity index is 2.02. The van der Waals surface area contributed by atoms with Gasteiger partial charge in [0.25, 0.3) is 0 Å². The highest BCUT2D eigenvalue weighted by Crippen LogP contribution is 2.28. The van der Waals surface area contributed by atoms with Crippen molar-refractivity contribution in [2.24, 2.45) is 5.92 Å². The second-order valence-corrected chi connectivity index (χ2v) is 5.70. The SMILES string of the molecule is CC(C)CNC(=O)CSC1CCCC1. The third kappa shape index (κ3) is 4.89. The first-order valence-electron chi connectivity index (χ1n) is 5.57. The van der Waals surface area contributed by atoms with Gasteiger partial charge in [-0.1, -0.05) is 26.7 Å². The average Bonchev–Trinajstić information content (AvgIpc) is 2.63. The van der Waals surface area contributed by atoms with Crippen LogP contribution in [0.4, 0.5) is 0 Å². The number of nitrogens with one attached hydrogen (secondary N) is 1. The number of amides is 1. The molecule has 0 aliphatic heterocycles. The lowest BCUT2D eigenvalue weighted by Gasteiger charge is -2.10. The third-order valence-corrected chi connectivity index (χ3v) is 3.83. The van der Waals surface area contributed by atoms with Gasteiger partial charge in [-0.05, 0) is 18.8 Å². The lowest BCUT2D eigenvalue weighted by atomic mass is 10.2. The van der Waals surface area contributed by atoms with Gasteiger partial charge in [0.1, 0.15) is 0 Å². The Kier molecular flexibility index (Phi) is 5.38. The third-order valence-electron chi connectivity index (χ3n) is 2.46. The van der Waals surface area contributed by atoms with Crippen LogP contribution in [0.3, 0.4) is 0 Å². The van der Waals surface area contributed by atoms with Gasteiger partial charge in [0, 0.05) is 11.8 Å². The quantitative estimate of drug-likeness (QED) is 0.763. The van der Waals surface area contributed by atoms with Crippen LogP contribution in [0.25, 0.3) is 0 Å². The standard InChI is InChI=1S/C11H21NOS/c1-9(2)7-12-11(13)8-14-10-5-3-4-6-10/h9-10H,3-8H2,1-2H3,(H,12,13). The van der Waals surface area contributed by atoms with Crippen molar-refractivity contribution in [1.29, 1.82) is 0 Å². The molecule has 0 aromatic rings. The highest BCUT2D eigenvalue weighted by atomic mass is 32.2. The molecule has 3 heteroatoms. The number of thioether (sulfide) groups is 1. The van der Waals surface area contributed by atoms with Gasteiger partial charge >= 0.3 is 0 Å². The smallest absolute Gasteiger partial charge is 0.230 e. The first kappa shape index (κ1) is 11.9. The molecule has 2 nitrogen and oxygen atoms in total. The lowest BCUT2D eigenvalue weighted by molar-refractivity contribution is -0.118. The summed E-state index contributed by atoms with van der Waals surface area (Å²) in [6.45, 7) is 5.04. The van der Waals surface area contributed by atoms with E-state index >= 15 is 0 Å². The molecule has 1 rings (SSSR count). The van der Waals surface area contributed by atoms with Gasteiger partial charge in [-0.2, -0.15) is 0 Å². The van der Waals surface area contributed by atoms with E-state index in [9.17, 15) is 4.79 Å². The molecule has 1 aliphatic carbocycles. The number of carbonyl (C=O) groups excluding carboxylic acids is 1. The molecule has 0 radical (unpaired) electrons. The van der Waals surface area contributed by atoms with Gasteiger partial charge in [0.15, 0.2) is 0 Å². The molecule has 14 heavy (non-hydrogen) atoms. The average molecular weight is 215 g/mol. The van der Waals surface area contributed by atoms with E-state index in [1.165, 1.54) is 25.7 Å². The zero-order valence-corrected chi connectivity index (χ0v) is 10.0. The van der Waals surface area contributed by atoms with Gasteiger partial charge in [-0.15, -0.1) is 11.8 Å². The highest BCUT2D eigenvalue weighted by Gasteiger charge is 2.16. The summed E-state index contributed by atoms with van der Waals surface area (Å²) < 4.78 is 0. The zero-order valence-electron chi connectivity index (χ0n) is 9.21. The van der Waals surface area contributed by atoms with Crippen molar-refractivity contribution in [1.82, 2.24) is 5.32 Å². The Bertz CT molecular complexity index is 176. The maximum Gasteiger partial charge on any atom is 0.230 e. The number of hydrogen-bond acceptors (Lipinski definition) is 2. The molecule has 0 aromatic carbocycles. The van der Waals surface area contributed by atoms with Gasteiger partial charge < -0.3 is 5.32 Å². The van der Waals surface area contributed by atoms with Crippen molar-refractivity contribution in [3.63, 3.8) is 0 Å². The van der Waals surface area contributed by atoms with Crippen molar-refractivity contribution in [3.8, 4) is 0 Å². The van der Waals surface area contributed by atoms with Crippen LogP contribution < -0.4 is 5.32 Å².